The summed E-state index contributed by atoms with van der Waals surface area (Å²) in [5.74, 6) is 0.709. The van der Waals surface area contributed by atoms with Gasteiger partial charge in [-0.25, -0.2) is 12.8 Å². The third kappa shape index (κ3) is 5.63. The van der Waals surface area contributed by atoms with Gasteiger partial charge < -0.3 is 15.4 Å². The molecule has 1 heterocycles. The number of ether oxygens (including phenoxy) is 1. The van der Waals surface area contributed by atoms with Crippen LogP contribution in [-0.2, 0) is 16.4 Å². The van der Waals surface area contributed by atoms with E-state index >= 15 is 0 Å². The molecule has 0 saturated heterocycles. The van der Waals surface area contributed by atoms with Gasteiger partial charge >= 0.3 is 0 Å². The molecule has 1 unspecified atom stereocenters. The molecule has 1 aliphatic rings. The summed E-state index contributed by atoms with van der Waals surface area (Å²) in [7, 11) is -1.80. The Balaban J connectivity index is 1.44. The molecular weight excluding hydrogens is 407 g/mol. The summed E-state index contributed by atoms with van der Waals surface area (Å²) < 4.78 is 45.6. The Morgan fingerprint density at radius 1 is 1.20 bits per heavy atom. The number of hydrogen-bond donors (Lipinski definition) is 2. The van der Waals surface area contributed by atoms with Crippen LogP contribution in [0.1, 0.15) is 12.5 Å². The quantitative estimate of drug-likeness (QED) is 0.491. The van der Waals surface area contributed by atoms with Gasteiger partial charge in [-0.2, -0.15) is 0 Å². The molecule has 2 aromatic carbocycles. The molecule has 0 radical (unpaired) electrons. The standard InChI is InChI=1S/C21H27FN4O3S/c1-16(29-19-9-7-18(22)8-10-19)15-25-21(23-2)24-12-14-30(27,28)26-13-11-17-5-3-4-6-20(17)26/h3-10,16H,11-15H2,1-2H3,(H2,23,24,25). The molecule has 0 aliphatic carbocycles. The fourth-order valence-electron chi connectivity index (χ4n) is 3.25. The molecule has 0 amide bonds. The molecular formula is C21H27FN4O3S. The number of halogens is 1. The Morgan fingerprint density at radius 3 is 2.67 bits per heavy atom. The van der Waals surface area contributed by atoms with E-state index < -0.39 is 10.0 Å². The monoisotopic (exact) mass is 434 g/mol. The van der Waals surface area contributed by atoms with Gasteiger partial charge in [-0.3, -0.25) is 9.30 Å². The first-order valence-corrected chi connectivity index (χ1v) is 11.4. The SMILES string of the molecule is CN=C(NCCS(=O)(=O)N1CCc2ccccc21)NCC(C)Oc1ccc(F)cc1. The van der Waals surface area contributed by atoms with Crippen LogP contribution in [-0.4, -0.2) is 52.9 Å². The highest BCUT2D eigenvalue weighted by molar-refractivity contribution is 7.92. The summed E-state index contributed by atoms with van der Waals surface area (Å²) in [6.45, 7) is 3.03. The van der Waals surface area contributed by atoms with Crippen molar-refractivity contribution in [3.05, 3.63) is 59.9 Å². The van der Waals surface area contributed by atoms with E-state index in [9.17, 15) is 12.8 Å². The Morgan fingerprint density at radius 2 is 1.93 bits per heavy atom. The Labute approximate surface area is 177 Å². The number of fused-ring (bicyclic) bond motifs is 1. The fourth-order valence-corrected chi connectivity index (χ4v) is 4.68. The first-order chi connectivity index (χ1) is 14.4. The number of benzene rings is 2. The van der Waals surface area contributed by atoms with E-state index in [2.05, 4.69) is 15.6 Å². The maximum absolute atomic E-state index is 13.0. The van der Waals surface area contributed by atoms with Crippen molar-refractivity contribution in [3.63, 3.8) is 0 Å². The van der Waals surface area contributed by atoms with Crippen molar-refractivity contribution in [1.29, 1.82) is 0 Å². The fraction of sp³-hybridized carbons (Fsp3) is 0.381. The third-order valence-corrected chi connectivity index (χ3v) is 6.54. The third-order valence-electron chi connectivity index (χ3n) is 4.76. The topological polar surface area (TPSA) is 83.0 Å². The summed E-state index contributed by atoms with van der Waals surface area (Å²) >= 11 is 0. The van der Waals surface area contributed by atoms with Crippen molar-refractivity contribution in [3.8, 4) is 5.75 Å². The molecule has 2 aromatic rings. The van der Waals surface area contributed by atoms with Gasteiger partial charge in [0.1, 0.15) is 17.7 Å². The maximum Gasteiger partial charge on any atom is 0.236 e. The number of nitrogens with zero attached hydrogens (tertiary/aromatic N) is 2. The molecule has 1 atom stereocenters. The molecule has 1 aliphatic heterocycles. The van der Waals surface area contributed by atoms with E-state index in [4.69, 9.17) is 4.74 Å². The van der Waals surface area contributed by atoms with Gasteiger partial charge in [-0.15, -0.1) is 0 Å². The molecule has 0 spiro atoms. The van der Waals surface area contributed by atoms with Crippen molar-refractivity contribution in [2.24, 2.45) is 4.99 Å². The molecule has 162 valence electrons. The zero-order valence-corrected chi connectivity index (χ0v) is 18.0. The van der Waals surface area contributed by atoms with E-state index in [1.807, 2.05) is 31.2 Å². The van der Waals surface area contributed by atoms with Gasteiger partial charge in [0.25, 0.3) is 0 Å². The van der Waals surface area contributed by atoms with Crippen LogP contribution in [0, 0.1) is 5.82 Å². The zero-order valence-electron chi connectivity index (χ0n) is 17.1. The van der Waals surface area contributed by atoms with E-state index in [1.54, 1.807) is 19.2 Å². The molecule has 30 heavy (non-hydrogen) atoms. The van der Waals surface area contributed by atoms with Crippen LogP contribution in [0.3, 0.4) is 0 Å². The number of aliphatic imine (C=N–C) groups is 1. The predicted molar refractivity (Wildman–Crippen MR) is 117 cm³/mol. The average Bonchev–Trinajstić information content (AvgIpc) is 3.17. The highest BCUT2D eigenvalue weighted by atomic mass is 32.2. The highest BCUT2D eigenvalue weighted by Crippen LogP contribution is 2.29. The molecule has 0 aromatic heterocycles. The van der Waals surface area contributed by atoms with Crippen LogP contribution >= 0.6 is 0 Å². The lowest BCUT2D eigenvalue weighted by Gasteiger charge is -2.21. The molecule has 0 saturated carbocycles. The first kappa shape index (κ1) is 21.9. The molecule has 3 rings (SSSR count). The minimum atomic E-state index is -3.42. The summed E-state index contributed by atoms with van der Waals surface area (Å²) in [5.41, 5.74) is 1.83. The second-order valence-corrected chi connectivity index (χ2v) is 9.04. The van der Waals surface area contributed by atoms with Gasteiger partial charge in [0.15, 0.2) is 5.96 Å². The highest BCUT2D eigenvalue weighted by Gasteiger charge is 2.28. The van der Waals surface area contributed by atoms with E-state index in [0.717, 1.165) is 17.7 Å². The minimum Gasteiger partial charge on any atom is -0.489 e. The zero-order chi connectivity index (χ0) is 21.6. The number of guanidine groups is 1. The van der Waals surface area contributed by atoms with E-state index in [0.29, 0.717) is 24.8 Å². The Bertz CT molecular complexity index is 980. The molecule has 7 nitrogen and oxygen atoms in total. The molecule has 0 fully saturated rings. The Kier molecular flexibility index (Phi) is 7.15. The molecule has 2 N–H and O–H groups in total. The second kappa shape index (κ2) is 9.80. The number of hydrogen-bond acceptors (Lipinski definition) is 4. The van der Waals surface area contributed by atoms with Crippen molar-refractivity contribution in [1.82, 2.24) is 10.6 Å². The van der Waals surface area contributed by atoms with Crippen LogP contribution in [0.5, 0.6) is 5.75 Å². The summed E-state index contributed by atoms with van der Waals surface area (Å²) in [5, 5.41) is 6.13. The summed E-state index contributed by atoms with van der Waals surface area (Å²) in [4.78, 5) is 4.11. The summed E-state index contributed by atoms with van der Waals surface area (Å²) in [6, 6.07) is 13.4. The van der Waals surface area contributed by atoms with E-state index in [1.165, 1.54) is 16.4 Å². The number of rotatable bonds is 8. The number of nitrogens with one attached hydrogen (secondary N) is 2. The largest absolute Gasteiger partial charge is 0.489 e. The Hall–Kier alpha value is -2.81. The van der Waals surface area contributed by atoms with Crippen LogP contribution in [0.15, 0.2) is 53.5 Å². The number of para-hydroxylation sites is 1. The van der Waals surface area contributed by atoms with Gasteiger partial charge in [0.2, 0.25) is 10.0 Å². The van der Waals surface area contributed by atoms with Gasteiger partial charge in [-0.1, -0.05) is 18.2 Å². The number of anilines is 1. The minimum absolute atomic E-state index is 0.0380. The van der Waals surface area contributed by atoms with Crippen LogP contribution < -0.4 is 19.7 Å². The smallest absolute Gasteiger partial charge is 0.236 e. The lowest BCUT2D eigenvalue weighted by atomic mass is 10.2. The number of sulfonamides is 1. The molecule has 0 bridgehead atoms. The lowest BCUT2D eigenvalue weighted by molar-refractivity contribution is 0.223. The van der Waals surface area contributed by atoms with Crippen LogP contribution in [0.2, 0.25) is 0 Å². The van der Waals surface area contributed by atoms with Gasteiger partial charge in [-0.05, 0) is 49.2 Å². The lowest BCUT2D eigenvalue weighted by Crippen LogP contribution is -2.44. The van der Waals surface area contributed by atoms with Crippen molar-refractivity contribution >= 4 is 21.7 Å². The van der Waals surface area contributed by atoms with Gasteiger partial charge in [0.05, 0.1) is 18.0 Å². The average molecular weight is 435 g/mol. The van der Waals surface area contributed by atoms with Crippen molar-refractivity contribution < 1.29 is 17.5 Å². The first-order valence-electron chi connectivity index (χ1n) is 9.84. The maximum atomic E-state index is 13.0. The van der Waals surface area contributed by atoms with Crippen LogP contribution in [0.25, 0.3) is 0 Å². The normalized spacial score (nSPS) is 14.9. The predicted octanol–water partition coefficient (Wildman–Crippen LogP) is 2.15. The summed E-state index contributed by atoms with van der Waals surface area (Å²) in [6.07, 6.45) is 0.539. The van der Waals surface area contributed by atoms with Crippen LogP contribution in [0.4, 0.5) is 10.1 Å². The van der Waals surface area contributed by atoms with Crippen molar-refractivity contribution in [2.75, 3.05) is 36.7 Å². The van der Waals surface area contributed by atoms with E-state index in [-0.39, 0.29) is 24.2 Å². The second-order valence-electron chi connectivity index (χ2n) is 7.03. The molecule has 9 heteroatoms. The van der Waals surface area contributed by atoms with Gasteiger partial charge in [0, 0.05) is 20.1 Å². The van der Waals surface area contributed by atoms with Crippen molar-refractivity contribution in [2.45, 2.75) is 19.4 Å².